The fraction of sp³-hybridized carbons (Fsp3) is 0.588. The Balaban J connectivity index is 1.70. The van der Waals surface area contributed by atoms with Gasteiger partial charge in [-0.15, -0.1) is 0 Å². The van der Waals surface area contributed by atoms with Crippen molar-refractivity contribution in [1.29, 1.82) is 0 Å². The Kier molecular flexibility index (Phi) is 6.46. The summed E-state index contributed by atoms with van der Waals surface area (Å²) in [7, 11) is 0. The molecule has 1 fully saturated rings. The highest BCUT2D eigenvalue weighted by Gasteiger charge is 2.19. The van der Waals surface area contributed by atoms with Gasteiger partial charge in [0.15, 0.2) is 0 Å². The van der Waals surface area contributed by atoms with E-state index in [1.807, 2.05) is 24.3 Å². The van der Waals surface area contributed by atoms with E-state index in [0.717, 1.165) is 36.9 Å². The SMILES string of the molecule is CCN(CCOc1ccc(CC(N)=S)cc1)CC1CCC1. The second-order valence-corrected chi connectivity index (χ2v) is 6.35. The maximum atomic E-state index is 5.83. The molecule has 4 heteroatoms. The molecule has 0 bridgehead atoms. The Labute approximate surface area is 133 Å². The molecular weight excluding hydrogens is 280 g/mol. The molecule has 0 aromatic heterocycles. The summed E-state index contributed by atoms with van der Waals surface area (Å²) in [6.07, 6.45) is 4.88. The number of rotatable bonds is 9. The van der Waals surface area contributed by atoms with E-state index < -0.39 is 0 Å². The first-order chi connectivity index (χ1) is 10.2. The van der Waals surface area contributed by atoms with E-state index in [4.69, 9.17) is 22.7 Å². The molecule has 21 heavy (non-hydrogen) atoms. The molecule has 1 aromatic carbocycles. The van der Waals surface area contributed by atoms with Crippen LogP contribution in [0.25, 0.3) is 0 Å². The molecule has 0 unspecified atom stereocenters. The maximum absolute atomic E-state index is 5.83. The predicted molar refractivity (Wildman–Crippen MR) is 91.9 cm³/mol. The number of hydrogen-bond donors (Lipinski definition) is 1. The van der Waals surface area contributed by atoms with Crippen molar-refractivity contribution >= 4 is 17.2 Å². The Hall–Kier alpha value is -1.13. The second kappa shape index (κ2) is 8.35. The van der Waals surface area contributed by atoms with Crippen LogP contribution in [0.1, 0.15) is 31.7 Å². The van der Waals surface area contributed by atoms with Crippen LogP contribution in [0.4, 0.5) is 0 Å². The van der Waals surface area contributed by atoms with Gasteiger partial charge in [0.05, 0.1) is 4.99 Å². The van der Waals surface area contributed by atoms with E-state index in [-0.39, 0.29) is 0 Å². The number of likely N-dealkylation sites (N-methyl/N-ethyl adjacent to an activating group) is 1. The summed E-state index contributed by atoms with van der Waals surface area (Å²) < 4.78 is 5.83. The van der Waals surface area contributed by atoms with Crippen LogP contribution in [0.3, 0.4) is 0 Å². The minimum Gasteiger partial charge on any atom is -0.492 e. The van der Waals surface area contributed by atoms with Crippen LogP contribution < -0.4 is 10.5 Å². The topological polar surface area (TPSA) is 38.5 Å². The Morgan fingerprint density at radius 1 is 1.33 bits per heavy atom. The molecule has 1 aliphatic carbocycles. The second-order valence-electron chi connectivity index (χ2n) is 5.83. The van der Waals surface area contributed by atoms with Crippen molar-refractivity contribution in [2.24, 2.45) is 11.7 Å². The third-order valence-corrected chi connectivity index (χ3v) is 4.31. The molecular formula is C17H26N2OS. The lowest BCUT2D eigenvalue weighted by molar-refractivity contribution is 0.158. The smallest absolute Gasteiger partial charge is 0.119 e. The number of thiocarbonyl (C=S) groups is 1. The van der Waals surface area contributed by atoms with E-state index in [1.165, 1.54) is 25.8 Å². The summed E-state index contributed by atoms with van der Waals surface area (Å²) >= 11 is 4.91. The van der Waals surface area contributed by atoms with Crippen molar-refractivity contribution in [3.63, 3.8) is 0 Å². The van der Waals surface area contributed by atoms with Crippen molar-refractivity contribution in [3.8, 4) is 5.75 Å². The van der Waals surface area contributed by atoms with Gasteiger partial charge in [-0.2, -0.15) is 0 Å². The first-order valence-corrected chi connectivity index (χ1v) is 8.30. The minimum absolute atomic E-state index is 0.526. The van der Waals surface area contributed by atoms with Gasteiger partial charge < -0.3 is 10.5 Å². The number of nitrogens with two attached hydrogens (primary N) is 1. The summed E-state index contributed by atoms with van der Waals surface area (Å²) in [6, 6.07) is 8.05. The summed E-state index contributed by atoms with van der Waals surface area (Å²) in [4.78, 5) is 3.02. The van der Waals surface area contributed by atoms with E-state index in [9.17, 15) is 0 Å². The molecule has 0 spiro atoms. The number of nitrogens with zero attached hydrogens (tertiary/aromatic N) is 1. The van der Waals surface area contributed by atoms with Crippen molar-refractivity contribution in [1.82, 2.24) is 4.90 Å². The zero-order valence-corrected chi connectivity index (χ0v) is 13.7. The number of hydrogen-bond acceptors (Lipinski definition) is 3. The van der Waals surface area contributed by atoms with Crippen LogP contribution in [-0.4, -0.2) is 36.1 Å². The highest BCUT2D eigenvalue weighted by atomic mass is 32.1. The highest BCUT2D eigenvalue weighted by molar-refractivity contribution is 7.80. The zero-order chi connectivity index (χ0) is 15.1. The Bertz CT molecular complexity index is 443. The van der Waals surface area contributed by atoms with E-state index in [1.54, 1.807) is 0 Å². The molecule has 1 aromatic rings. The van der Waals surface area contributed by atoms with Gasteiger partial charge in [0.25, 0.3) is 0 Å². The quantitative estimate of drug-likeness (QED) is 0.712. The van der Waals surface area contributed by atoms with Crippen molar-refractivity contribution in [2.75, 3.05) is 26.2 Å². The fourth-order valence-corrected chi connectivity index (χ4v) is 2.78. The molecule has 116 valence electrons. The molecule has 2 rings (SSSR count). The molecule has 0 amide bonds. The standard InChI is InChI=1S/C17H26N2OS/c1-2-19(13-15-4-3-5-15)10-11-20-16-8-6-14(7-9-16)12-17(18)21/h6-9,15H,2-5,10-13H2,1H3,(H2,18,21). The lowest BCUT2D eigenvalue weighted by Crippen LogP contribution is -2.35. The van der Waals surface area contributed by atoms with Crippen molar-refractivity contribution in [2.45, 2.75) is 32.6 Å². The zero-order valence-electron chi connectivity index (χ0n) is 12.9. The first kappa shape index (κ1) is 16.2. The monoisotopic (exact) mass is 306 g/mol. The highest BCUT2D eigenvalue weighted by Crippen LogP contribution is 2.26. The first-order valence-electron chi connectivity index (χ1n) is 7.89. The van der Waals surface area contributed by atoms with Crippen LogP contribution in [0.2, 0.25) is 0 Å². The number of benzene rings is 1. The van der Waals surface area contributed by atoms with Gasteiger partial charge in [-0.3, -0.25) is 4.90 Å². The maximum Gasteiger partial charge on any atom is 0.119 e. The lowest BCUT2D eigenvalue weighted by atomic mass is 9.85. The van der Waals surface area contributed by atoms with Gasteiger partial charge in [0.2, 0.25) is 0 Å². The van der Waals surface area contributed by atoms with Gasteiger partial charge in [0.1, 0.15) is 12.4 Å². The van der Waals surface area contributed by atoms with Crippen molar-refractivity contribution in [3.05, 3.63) is 29.8 Å². The van der Waals surface area contributed by atoms with E-state index in [2.05, 4.69) is 11.8 Å². The molecule has 0 heterocycles. The fourth-order valence-electron chi connectivity index (χ4n) is 2.62. The minimum atomic E-state index is 0.526. The third-order valence-electron chi connectivity index (χ3n) is 4.17. The van der Waals surface area contributed by atoms with Gasteiger partial charge in [-0.05, 0) is 43.0 Å². The normalized spacial score (nSPS) is 15.0. The summed E-state index contributed by atoms with van der Waals surface area (Å²) in [5, 5.41) is 0. The van der Waals surface area contributed by atoms with Crippen LogP contribution in [-0.2, 0) is 6.42 Å². The van der Waals surface area contributed by atoms with Crippen LogP contribution in [0, 0.1) is 5.92 Å². The van der Waals surface area contributed by atoms with Crippen LogP contribution >= 0.6 is 12.2 Å². The number of ether oxygens (including phenoxy) is 1. The molecule has 2 N–H and O–H groups in total. The average molecular weight is 306 g/mol. The summed E-state index contributed by atoms with van der Waals surface area (Å²) in [5.74, 6) is 1.84. The molecule has 0 aliphatic heterocycles. The Morgan fingerprint density at radius 3 is 2.57 bits per heavy atom. The summed E-state index contributed by atoms with van der Waals surface area (Å²) in [5.41, 5.74) is 6.68. The van der Waals surface area contributed by atoms with Gasteiger partial charge in [-0.1, -0.05) is 37.7 Å². The third kappa shape index (κ3) is 5.64. The molecule has 0 saturated heterocycles. The van der Waals surface area contributed by atoms with Gasteiger partial charge >= 0.3 is 0 Å². The largest absolute Gasteiger partial charge is 0.492 e. The molecule has 0 atom stereocenters. The lowest BCUT2D eigenvalue weighted by Gasteiger charge is -2.31. The van der Waals surface area contributed by atoms with E-state index in [0.29, 0.717) is 11.4 Å². The average Bonchev–Trinajstić information content (AvgIpc) is 2.42. The van der Waals surface area contributed by atoms with Crippen LogP contribution in [0.5, 0.6) is 5.75 Å². The molecule has 0 radical (unpaired) electrons. The molecule has 1 aliphatic rings. The van der Waals surface area contributed by atoms with E-state index >= 15 is 0 Å². The van der Waals surface area contributed by atoms with Gasteiger partial charge in [0, 0.05) is 19.5 Å². The molecule has 3 nitrogen and oxygen atoms in total. The predicted octanol–water partition coefficient (Wildman–Crippen LogP) is 3.02. The Morgan fingerprint density at radius 2 is 2.05 bits per heavy atom. The van der Waals surface area contributed by atoms with Crippen molar-refractivity contribution < 1.29 is 4.74 Å². The van der Waals surface area contributed by atoms with Gasteiger partial charge in [-0.25, -0.2) is 0 Å². The summed E-state index contributed by atoms with van der Waals surface area (Å²) in [6.45, 7) is 6.31. The van der Waals surface area contributed by atoms with Crippen LogP contribution in [0.15, 0.2) is 24.3 Å². The molecule has 1 saturated carbocycles.